The topological polar surface area (TPSA) is 42.0 Å². The van der Waals surface area contributed by atoms with E-state index in [-0.39, 0.29) is 17.9 Å². The molecule has 1 N–H and O–H groups in total. The van der Waals surface area contributed by atoms with Crippen LogP contribution in [0.4, 0.5) is 0 Å². The second-order valence-electron chi connectivity index (χ2n) is 7.53. The number of pyridine rings is 1. The minimum absolute atomic E-state index is 0.110. The van der Waals surface area contributed by atoms with Crippen molar-refractivity contribution in [2.24, 2.45) is 11.8 Å². The Labute approximate surface area is 149 Å². The molecule has 2 aliphatic rings. The predicted molar refractivity (Wildman–Crippen MR) is 99.0 cm³/mol. The van der Waals surface area contributed by atoms with Crippen molar-refractivity contribution < 1.29 is 4.79 Å². The number of benzene rings is 1. The Morgan fingerprint density at radius 1 is 1.04 bits per heavy atom. The lowest BCUT2D eigenvalue weighted by atomic mass is 9.81. The minimum atomic E-state index is 0.110. The van der Waals surface area contributed by atoms with Gasteiger partial charge >= 0.3 is 0 Å². The van der Waals surface area contributed by atoms with Gasteiger partial charge in [0.15, 0.2) is 0 Å². The van der Waals surface area contributed by atoms with E-state index in [1.54, 1.807) is 6.20 Å². The van der Waals surface area contributed by atoms with Crippen LogP contribution < -0.4 is 5.32 Å². The number of carbonyl (C=O) groups excluding carboxylic acids is 1. The first-order valence-electron chi connectivity index (χ1n) is 9.58. The number of hydrogen-bond donors (Lipinski definition) is 1. The first kappa shape index (κ1) is 16.3. The molecule has 0 bridgehead atoms. The third-order valence-electron chi connectivity index (χ3n) is 5.82. The molecule has 3 atom stereocenters. The molecule has 0 saturated heterocycles. The molecule has 0 spiro atoms. The highest BCUT2D eigenvalue weighted by molar-refractivity contribution is 5.83. The molecular weight excluding hydrogens is 308 g/mol. The van der Waals surface area contributed by atoms with E-state index in [9.17, 15) is 4.79 Å². The first-order valence-corrected chi connectivity index (χ1v) is 9.58. The molecular formula is C22H26N2O. The molecule has 1 aromatic heterocycles. The van der Waals surface area contributed by atoms with Gasteiger partial charge in [-0.05, 0) is 48.3 Å². The monoisotopic (exact) mass is 334 g/mol. The van der Waals surface area contributed by atoms with Crippen LogP contribution in [0.2, 0.25) is 0 Å². The summed E-state index contributed by atoms with van der Waals surface area (Å²) in [6, 6.07) is 14.7. The van der Waals surface area contributed by atoms with E-state index in [4.69, 9.17) is 0 Å². The van der Waals surface area contributed by atoms with Gasteiger partial charge in [0.1, 0.15) is 0 Å². The Bertz CT molecular complexity index is 694. The summed E-state index contributed by atoms with van der Waals surface area (Å²) in [4.78, 5) is 17.1. The number of amides is 1. The normalized spacial score (nSPS) is 24.5. The molecule has 2 fully saturated rings. The molecule has 0 aliphatic heterocycles. The highest BCUT2D eigenvalue weighted by Crippen LogP contribution is 2.48. The summed E-state index contributed by atoms with van der Waals surface area (Å²) in [6.07, 6.45) is 11.0. The van der Waals surface area contributed by atoms with Crippen LogP contribution in [0.5, 0.6) is 0 Å². The van der Waals surface area contributed by atoms with Gasteiger partial charge in [-0.25, -0.2) is 0 Å². The molecule has 3 nitrogen and oxygen atoms in total. The summed E-state index contributed by atoms with van der Waals surface area (Å²) in [5.41, 5.74) is 2.44. The molecule has 1 heterocycles. The van der Waals surface area contributed by atoms with Crippen LogP contribution in [0.1, 0.15) is 61.6 Å². The van der Waals surface area contributed by atoms with Gasteiger partial charge in [0.2, 0.25) is 5.91 Å². The average Bonchev–Trinajstić information content (AvgIpc) is 3.49. The van der Waals surface area contributed by atoms with E-state index in [2.05, 4.69) is 40.6 Å². The third kappa shape index (κ3) is 3.76. The van der Waals surface area contributed by atoms with E-state index >= 15 is 0 Å². The number of nitrogens with zero attached hydrogens (tertiary/aromatic N) is 1. The smallest absolute Gasteiger partial charge is 0.224 e. The van der Waals surface area contributed by atoms with Crippen molar-refractivity contribution in [3.63, 3.8) is 0 Å². The summed E-state index contributed by atoms with van der Waals surface area (Å²) in [5.74, 6) is 1.24. The fourth-order valence-electron chi connectivity index (χ4n) is 4.31. The maximum Gasteiger partial charge on any atom is 0.224 e. The Kier molecular flexibility index (Phi) is 4.82. The van der Waals surface area contributed by atoms with Crippen molar-refractivity contribution in [1.29, 1.82) is 0 Å². The van der Waals surface area contributed by atoms with Gasteiger partial charge in [-0.2, -0.15) is 0 Å². The molecule has 0 radical (unpaired) electrons. The highest BCUT2D eigenvalue weighted by Gasteiger charge is 2.45. The fourth-order valence-corrected chi connectivity index (χ4v) is 4.31. The Hall–Kier alpha value is -2.16. The Morgan fingerprint density at radius 2 is 1.84 bits per heavy atom. The van der Waals surface area contributed by atoms with Gasteiger partial charge < -0.3 is 5.32 Å². The third-order valence-corrected chi connectivity index (χ3v) is 5.82. The van der Waals surface area contributed by atoms with E-state index < -0.39 is 0 Å². The molecule has 2 saturated carbocycles. The summed E-state index contributed by atoms with van der Waals surface area (Å²) in [5, 5.41) is 3.41. The maximum absolute atomic E-state index is 12.9. The zero-order chi connectivity index (χ0) is 17.1. The van der Waals surface area contributed by atoms with Crippen molar-refractivity contribution >= 4 is 5.91 Å². The first-order chi connectivity index (χ1) is 12.3. The average molecular weight is 334 g/mol. The van der Waals surface area contributed by atoms with Gasteiger partial charge in [0, 0.05) is 18.3 Å². The van der Waals surface area contributed by atoms with Gasteiger partial charge in [0.25, 0.3) is 0 Å². The molecule has 130 valence electrons. The van der Waals surface area contributed by atoms with Gasteiger partial charge in [-0.15, -0.1) is 0 Å². The van der Waals surface area contributed by atoms with E-state index in [0.29, 0.717) is 11.8 Å². The number of rotatable bonds is 5. The Morgan fingerprint density at radius 3 is 2.56 bits per heavy atom. The van der Waals surface area contributed by atoms with E-state index in [0.717, 1.165) is 6.42 Å². The number of nitrogens with one attached hydrogen (secondary N) is 1. The summed E-state index contributed by atoms with van der Waals surface area (Å²) in [6.45, 7) is 0. The van der Waals surface area contributed by atoms with Crippen molar-refractivity contribution in [3.05, 3.63) is 66.0 Å². The molecule has 25 heavy (non-hydrogen) atoms. The highest BCUT2D eigenvalue weighted by atomic mass is 16.2. The second kappa shape index (κ2) is 7.38. The van der Waals surface area contributed by atoms with Crippen LogP contribution in [0, 0.1) is 11.8 Å². The lowest BCUT2D eigenvalue weighted by Gasteiger charge is -2.31. The maximum atomic E-state index is 12.9. The molecule has 4 rings (SSSR count). The van der Waals surface area contributed by atoms with Gasteiger partial charge in [-0.1, -0.05) is 55.7 Å². The van der Waals surface area contributed by atoms with Crippen LogP contribution >= 0.6 is 0 Å². The molecule has 2 aromatic rings. The molecule has 3 heteroatoms. The molecule has 1 aromatic carbocycles. The fraction of sp³-hybridized carbons (Fsp3) is 0.455. The SMILES string of the molecule is O=C(N[C@H](c1ccccc1)C1CCCCC1)[C@H]1C[C@@H]1c1cccnc1. The zero-order valence-corrected chi connectivity index (χ0v) is 14.6. The van der Waals surface area contributed by atoms with Crippen molar-refractivity contribution in [1.82, 2.24) is 10.3 Å². The lowest BCUT2D eigenvalue weighted by Crippen LogP contribution is -2.35. The molecule has 1 amide bonds. The quantitative estimate of drug-likeness (QED) is 0.866. The summed E-state index contributed by atoms with van der Waals surface area (Å²) < 4.78 is 0. The molecule has 0 unspecified atom stereocenters. The van der Waals surface area contributed by atoms with Crippen LogP contribution in [0.15, 0.2) is 54.9 Å². The summed E-state index contributed by atoms with van der Waals surface area (Å²) >= 11 is 0. The van der Waals surface area contributed by atoms with Crippen LogP contribution in [0.25, 0.3) is 0 Å². The standard InChI is InChI=1S/C22H26N2O/c25-22(20-14-19(20)18-12-7-13-23-15-18)24-21(16-8-3-1-4-9-16)17-10-5-2-6-11-17/h1,3-4,7-9,12-13,15,17,19-21H,2,5-6,10-11,14H2,(H,24,25)/t19-,20+,21-/m1/s1. The van der Waals surface area contributed by atoms with Crippen LogP contribution in [-0.2, 0) is 4.79 Å². The van der Waals surface area contributed by atoms with E-state index in [1.165, 1.54) is 43.2 Å². The van der Waals surface area contributed by atoms with Gasteiger partial charge in [0.05, 0.1) is 6.04 Å². The molecule has 2 aliphatic carbocycles. The van der Waals surface area contributed by atoms with Crippen molar-refractivity contribution in [3.8, 4) is 0 Å². The van der Waals surface area contributed by atoms with Gasteiger partial charge in [-0.3, -0.25) is 9.78 Å². The second-order valence-corrected chi connectivity index (χ2v) is 7.53. The predicted octanol–water partition coefficient (Wildman–Crippen LogP) is 4.62. The number of aromatic nitrogens is 1. The van der Waals surface area contributed by atoms with Crippen LogP contribution in [-0.4, -0.2) is 10.9 Å². The zero-order valence-electron chi connectivity index (χ0n) is 14.6. The number of carbonyl (C=O) groups is 1. The lowest BCUT2D eigenvalue weighted by molar-refractivity contribution is -0.123. The van der Waals surface area contributed by atoms with Crippen molar-refractivity contribution in [2.45, 2.75) is 50.5 Å². The largest absolute Gasteiger partial charge is 0.349 e. The minimum Gasteiger partial charge on any atom is -0.349 e. The van der Waals surface area contributed by atoms with E-state index in [1.807, 2.05) is 18.3 Å². The van der Waals surface area contributed by atoms with Crippen LogP contribution in [0.3, 0.4) is 0 Å². The number of hydrogen-bond acceptors (Lipinski definition) is 2. The Balaban J connectivity index is 1.46. The summed E-state index contributed by atoms with van der Waals surface area (Å²) in [7, 11) is 0. The van der Waals surface area contributed by atoms with Crippen molar-refractivity contribution in [2.75, 3.05) is 0 Å².